The van der Waals surface area contributed by atoms with E-state index >= 15 is 0 Å². The van der Waals surface area contributed by atoms with Crippen LogP contribution in [0.2, 0.25) is 0 Å². The second-order valence-corrected chi connectivity index (χ2v) is 14.5. The monoisotopic (exact) mass is 646 g/mol. The molecule has 1 atom stereocenters. The van der Waals surface area contributed by atoms with Crippen LogP contribution >= 0.6 is 10.7 Å². The SMILES string of the molecule is CCCCS(=O)(=O)Cl.CCCCS(=O)(=O)Nc1cc(N2CCN(c3ccncc3)CC2)ccc1OC(CC)C(=O)OC. The molecule has 0 amide bonds. The number of anilines is 3. The summed E-state index contributed by atoms with van der Waals surface area (Å²) in [4.78, 5) is 20.6. The Morgan fingerprint density at radius 2 is 1.50 bits per heavy atom. The number of hydrogen-bond acceptors (Lipinski definition) is 10. The van der Waals surface area contributed by atoms with Crippen molar-refractivity contribution in [3.63, 3.8) is 0 Å². The van der Waals surface area contributed by atoms with Gasteiger partial charge >= 0.3 is 5.97 Å². The van der Waals surface area contributed by atoms with Crippen molar-refractivity contribution in [3.05, 3.63) is 42.7 Å². The molecular formula is C28H43ClN4O7S2. The Bertz CT molecular complexity index is 1320. The molecule has 1 aromatic heterocycles. The highest BCUT2D eigenvalue weighted by molar-refractivity contribution is 8.13. The highest BCUT2D eigenvalue weighted by Gasteiger charge is 2.24. The molecule has 1 unspecified atom stereocenters. The van der Waals surface area contributed by atoms with E-state index in [4.69, 9.17) is 20.2 Å². The highest BCUT2D eigenvalue weighted by atomic mass is 35.7. The van der Waals surface area contributed by atoms with Crippen LogP contribution in [0.4, 0.5) is 17.1 Å². The number of hydrogen-bond donors (Lipinski definition) is 1. The van der Waals surface area contributed by atoms with E-state index in [1.807, 2.05) is 39.0 Å². The van der Waals surface area contributed by atoms with E-state index < -0.39 is 31.1 Å². The number of nitrogens with zero attached hydrogens (tertiary/aromatic N) is 3. The Balaban J connectivity index is 0.000000675. The summed E-state index contributed by atoms with van der Waals surface area (Å²) in [6, 6.07) is 9.39. The molecule has 42 heavy (non-hydrogen) atoms. The molecule has 2 heterocycles. The molecule has 1 saturated heterocycles. The molecule has 0 bridgehead atoms. The summed E-state index contributed by atoms with van der Waals surface area (Å²) in [7, 11) is -0.586. The topological polar surface area (TPSA) is 135 Å². The van der Waals surface area contributed by atoms with Gasteiger partial charge < -0.3 is 19.3 Å². The number of nitrogens with one attached hydrogen (secondary N) is 1. The van der Waals surface area contributed by atoms with E-state index in [0.29, 0.717) is 30.7 Å². The lowest BCUT2D eigenvalue weighted by Gasteiger charge is -2.37. The number of aromatic nitrogens is 1. The first-order chi connectivity index (χ1) is 19.9. The van der Waals surface area contributed by atoms with Crippen LogP contribution < -0.4 is 19.3 Å². The van der Waals surface area contributed by atoms with Crippen molar-refractivity contribution in [3.8, 4) is 5.75 Å². The Morgan fingerprint density at radius 1 is 0.929 bits per heavy atom. The maximum atomic E-state index is 12.7. The Hall–Kier alpha value is -2.77. The average molecular weight is 647 g/mol. The molecule has 1 aliphatic rings. The Kier molecular flexibility index (Phi) is 14.7. The van der Waals surface area contributed by atoms with Crippen LogP contribution in [-0.2, 0) is 28.6 Å². The van der Waals surface area contributed by atoms with Crippen LogP contribution in [0.15, 0.2) is 42.7 Å². The van der Waals surface area contributed by atoms with Gasteiger partial charge in [0, 0.05) is 60.6 Å². The van der Waals surface area contributed by atoms with Gasteiger partial charge in [-0.15, -0.1) is 0 Å². The number of sulfonamides is 1. The second kappa shape index (κ2) is 17.4. The maximum absolute atomic E-state index is 12.7. The summed E-state index contributed by atoms with van der Waals surface area (Å²) >= 11 is 0. The van der Waals surface area contributed by atoms with Gasteiger partial charge in [-0.1, -0.05) is 33.6 Å². The van der Waals surface area contributed by atoms with E-state index in [-0.39, 0.29) is 11.5 Å². The number of benzene rings is 1. The number of pyridine rings is 1. The van der Waals surface area contributed by atoms with Crippen LogP contribution in [0.25, 0.3) is 0 Å². The molecule has 2 aromatic rings. The van der Waals surface area contributed by atoms with Gasteiger partial charge in [-0.3, -0.25) is 9.71 Å². The Morgan fingerprint density at radius 3 is 2.00 bits per heavy atom. The molecule has 11 nitrogen and oxygen atoms in total. The zero-order chi connectivity index (χ0) is 31.2. The lowest BCUT2D eigenvalue weighted by Crippen LogP contribution is -2.46. The molecular weight excluding hydrogens is 604 g/mol. The van der Waals surface area contributed by atoms with Crippen LogP contribution in [-0.4, -0.2) is 78.7 Å². The normalized spacial score (nSPS) is 14.4. The predicted molar refractivity (Wildman–Crippen MR) is 169 cm³/mol. The van der Waals surface area contributed by atoms with E-state index in [0.717, 1.165) is 50.4 Å². The fourth-order valence-electron chi connectivity index (χ4n) is 4.13. The molecule has 1 N–H and O–H groups in total. The molecule has 3 rings (SSSR count). The van der Waals surface area contributed by atoms with Crippen molar-refractivity contribution in [2.75, 3.05) is 59.3 Å². The third-order valence-electron chi connectivity index (χ3n) is 6.51. The fraction of sp³-hybridized carbons (Fsp3) is 0.571. The number of halogens is 1. The van der Waals surface area contributed by atoms with Crippen molar-refractivity contribution >= 4 is 52.8 Å². The first-order valence-electron chi connectivity index (χ1n) is 14.1. The minimum absolute atomic E-state index is 0.0198. The van der Waals surface area contributed by atoms with Gasteiger partial charge in [0.2, 0.25) is 19.1 Å². The predicted octanol–water partition coefficient (Wildman–Crippen LogP) is 4.64. The molecule has 0 aliphatic carbocycles. The first kappa shape index (κ1) is 35.4. The zero-order valence-corrected chi connectivity index (χ0v) is 27.2. The summed E-state index contributed by atoms with van der Waals surface area (Å²) in [6.45, 7) is 8.90. The third-order valence-corrected chi connectivity index (χ3v) is 9.11. The van der Waals surface area contributed by atoms with Crippen molar-refractivity contribution in [1.82, 2.24) is 4.98 Å². The van der Waals surface area contributed by atoms with Crippen LogP contribution in [0, 0.1) is 0 Å². The van der Waals surface area contributed by atoms with Crippen molar-refractivity contribution in [1.29, 1.82) is 0 Å². The molecule has 0 saturated carbocycles. The minimum Gasteiger partial charge on any atom is -0.477 e. The quantitative estimate of drug-likeness (QED) is 0.228. The molecule has 236 valence electrons. The van der Waals surface area contributed by atoms with Gasteiger partial charge in [-0.2, -0.15) is 0 Å². The van der Waals surface area contributed by atoms with Crippen molar-refractivity contribution < 1.29 is 31.1 Å². The number of unbranched alkanes of at least 4 members (excludes halogenated alkanes) is 2. The number of carbonyl (C=O) groups excluding carboxylic acids is 1. The largest absolute Gasteiger partial charge is 0.477 e. The van der Waals surface area contributed by atoms with Gasteiger partial charge in [0.15, 0.2) is 6.10 Å². The molecule has 14 heteroatoms. The number of carbonyl (C=O) groups is 1. The van der Waals surface area contributed by atoms with Crippen LogP contribution in [0.1, 0.15) is 52.9 Å². The lowest BCUT2D eigenvalue weighted by molar-refractivity contribution is -0.148. The van der Waals surface area contributed by atoms with Crippen LogP contribution in [0.5, 0.6) is 5.75 Å². The van der Waals surface area contributed by atoms with Crippen molar-refractivity contribution in [2.45, 2.75) is 59.0 Å². The standard InChI is InChI=1S/C24H34N4O5S.C4H9ClO2S/c1-4-6-17-34(30,31)26-21-18-20(7-8-23(21)33-22(5-2)24(29)32-3)28-15-13-27(14-16-28)19-9-11-25-12-10-19;1-2-3-4-8(5,6)7/h7-12,18,22,26H,4-6,13-17H2,1-3H3;2-4H2,1H3. The number of rotatable bonds is 14. The lowest BCUT2D eigenvalue weighted by atomic mass is 10.2. The second-order valence-electron chi connectivity index (χ2n) is 9.77. The summed E-state index contributed by atoms with van der Waals surface area (Å²) in [5.41, 5.74) is 2.35. The molecule has 1 fully saturated rings. The fourth-order valence-corrected chi connectivity index (χ4v) is 6.35. The zero-order valence-electron chi connectivity index (χ0n) is 24.8. The third kappa shape index (κ3) is 12.2. The van der Waals surface area contributed by atoms with E-state index in [2.05, 4.69) is 19.5 Å². The summed E-state index contributed by atoms with van der Waals surface area (Å²) in [5.74, 6) is -0.0769. The molecule has 1 aromatic carbocycles. The smallest absolute Gasteiger partial charge is 0.347 e. The highest BCUT2D eigenvalue weighted by Crippen LogP contribution is 2.33. The van der Waals surface area contributed by atoms with E-state index in [9.17, 15) is 21.6 Å². The number of methoxy groups -OCH3 is 1. The maximum Gasteiger partial charge on any atom is 0.347 e. The molecule has 0 spiro atoms. The molecule has 1 aliphatic heterocycles. The molecule has 0 radical (unpaired) electrons. The average Bonchev–Trinajstić information content (AvgIpc) is 2.98. The summed E-state index contributed by atoms with van der Waals surface area (Å²) in [5, 5.41) is 0. The first-order valence-corrected chi connectivity index (χ1v) is 18.3. The summed E-state index contributed by atoms with van der Waals surface area (Å²) < 4.78 is 59.0. The minimum atomic E-state index is -3.56. The van der Waals surface area contributed by atoms with Gasteiger partial charge in [0.05, 0.1) is 24.3 Å². The summed E-state index contributed by atoms with van der Waals surface area (Å²) in [6.07, 6.45) is 6.00. The van der Waals surface area contributed by atoms with Gasteiger partial charge in [-0.05, 0) is 49.6 Å². The van der Waals surface area contributed by atoms with Gasteiger partial charge in [0.25, 0.3) is 0 Å². The van der Waals surface area contributed by atoms with E-state index in [1.165, 1.54) is 7.11 Å². The number of piperazine rings is 1. The number of ether oxygens (including phenoxy) is 2. The van der Waals surface area contributed by atoms with Gasteiger partial charge in [-0.25, -0.2) is 21.6 Å². The van der Waals surface area contributed by atoms with Crippen molar-refractivity contribution in [2.24, 2.45) is 0 Å². The van der Waals surface area contributed by atoms with E-state index in [1.54, 1.807) is 24.5 Å². The number of esters is 1. The van der Waals surface area contributed by atoms with Gasteiger partial charge in [0.1, 0.15) is 5.75 Å². The van der Waals surface area contributed by atoms with Crippen LogP contribution in [0.3, 0.4) is 0 Å². The Labute approximate surface area is 255 Å².